The number of aliphatic hydroxyl groups is 2. The molecule has 0 aliphatic carbocycles. The molecule has 10 bridgehead atoms. The lowest BCUT2D eigenvalue weighted by atomic mass is 10.00. The quantitative estimate of drug-likeness (QED) is 0.0843. The summed E-state index contributed by atoms with van der Waals surface area (Å²) in [6.45, 7) is 5.38. The van der Waals surface area contributed by atoms with Crippen molar-refractivity contribution in [2.75, 3.05) is 13.7 Å². The van der Waals surface area contributed by atoms with Crippen molar-refractivity contribution in [2.24, 2.45) is 11.7 Å². The van der Waals surface area contributed by atoms with E-state index in [1.807, 2.05) is 42.1 Å². The average Bonchev–Trinajstić information content (AvgIpc) is 4.38. The highest BCUT2D eigenvalue weighted by molar-refractivity contribution is 7.15. The number of amides is 5. The Bertz CT molecular complexity index is 3800. The van der Waals surface area contributed by atoms with Crippen LogP contribution in [0.2, 0.25) is 0 Å². The molecule has 0 saturated carbocycles. The van der Waals surface area contributed by atoms with Gasteiger partial charge in [-0.25, -0.2) is 34.9 Å². The second-order valence-corrected chi connectivity index (χ2v) is 24.6. The van der Waals surface area contributed by atoms with Crippen molar-refractivity contribution < 1.29 is 38.9 Å². The first-order chi connectivity index (χ1) is 38.6. The van der Waals surface area contributed by atoms with Gasteiger partial charge in [-0.15, -0.1) is 68.0 Å². The molecule has 1 saturated heterocycles. The number of carbonyl (C=O) groups excluding carboxylic acids is 5. The minimum atomic E-state index is -1.38. The first-order valence-corrected chi connectivity index (χ1v) is 30.1. The third-order valence-corrected chi connectivity index (χ3v) is 19.2. The molecule has 2 aliphatic heterocycles. The number of primary amides is 1. The van der Waals surface area contributed by atoms with Crippen LogP contribution in [0.15, 0.2) is 93.6 Å². The van der Waals surface area contributed by atoms with Crippen LogP contribution >= 0.6 is 68.0 Å². The molecule has 20 nitrogen and oxygen atoms in total. The maximum atomic E-state index is 15.2. The maximum Gasteiger partial charge on any atom is 0.271 e. The van der Waals surface area contributed by atoms with Crippen LogP contribution < -0.4 is 26.4 Å². The Morgan fingerprint density at radius 3 is 2.08 bits per heavy atom. The molecule has 2 aliphatic rings. The number of aryl methyl sites for hydroxylation is 2. The van der Waals surface area contributed by atoms with Gasteiger partial charge in [-0.1, -0.05) is 49.4 Å². The Morgan fingerprint density at radius 2 is 1.34 bits per heavy atom. The molecule has 7 N–H and O–H groups in total. The largest absolute Gasteiger partial charge is 0.497 e. The number of hydrogen-bond acceptors (Lipinski definition) is 21. The number of pyridine rings is 1. The molecule has 1 fully saturated rings. The van der Waals surface area contributed by atoms with E-state index < -0.39 is 71.8 Å². The highest BCUT2D eigenvalue weighted by atomic mass is 32.1. The van der Waals surface area contributed by atoms with Crippen LogP contribution in [0.25, 0.3) is 43.4 Å². The number of carbonyl (C=O) groups is 5. The van der Waals surface area contributed by atoms with Crippen molar-refractivity contribution >= 4 is 97.6 Å². The number of nitrogens with one attached hydrogen (secondary N) is 3. The number of thiazole rings is 6. The fraction of sp³-hybridized carbons (Fsp3) is 0.259. The molecule has 7 atom stereocenters. The SMILES string of the molecule is COc1ccc(C[C@@H]2NC(=O)c3csc(n3)[C@H]([C@H](O)c3ccccc3)NC(=O)c3nc(sc3C)[C@H](CC(N)=O)NC(=O)c3csc(n3)-c3ccc(-c4nc(C)cs4)nc3-c3csc(n3)-c3csc(n3)[C@@H]3[C@@H](C)[C@@H](O)CN3C2=O)cc1. The van der Waals surface area contributed by atoms with Gasteiger partial charge in [0, 0.05) is 61.9 Å². The summed E-state index contributed by atoms with van der Waals surface area (Å²) in [5, 5.41) is 43.5. The number of aliphatic hydroxyl groups excluding tert-OH is 2. The fourth-order valence-corrected chi connectivity index (χ4v) is 14.7. The number of hydrogen-bond donors (Lipinski definition) is 6. The summed E-state index contributed by atoms with van der Waals surface area (Å²) in [6, 6.07) is 15.3. The Balaban J connectivity index is 1.02. The molecule has 11 rings (SSSR count). The number of methoxy groups -OCH3 is 1. The van der Waals surface area contributed by atoms with E-state index in [4.69, 9.17) is 30.4 Å². The van der Waals surface area contributed by atoms with Gasteiger partial charge in [0.15, 0.2) is 0 Å². The molecule has 408 valence electrons. The molecule has 26 heteroatoms. The number of nitrogens with two attached hydrogens (primary N) is 1. The molecule has 0 spiro atoms. The molecule has 0 unspecified atom stereocenters. The van der Waals surface area contributed by atoms with Gasteiger partial charge in [0.1, 0.15) is 88.1 Å². The van der Waals surface area contributed by atoms with E-state index in [1.54, 1.807) is 78.9 Å². The molecule has 9 aromatic rings. The minimum absolute atomic E-state index is 0.0364. The molecule has 0 radical (unpaired) electrons. The standard InChI is InChI=1S/C54H48N12O8S6/c1-24-19-75-49(56-24)31-15-14-30-41(57-31)34-20-77-50(60-34)37-23-79-53(63-37)43-25(2)38(67)18-66(43)54(73)33(16-27-10-12-29(74-4)13-11-27)59-46(71)36-22-78-52(62-36)42(44(69)28-8-6-5-7-9-28)64-47(72)40-26(3)80-51(65-40)32(17-39(55)68)58-45(70)35-21-76-48(30)61-35/h5-15,19-23,25,32-33,38,42-44,67,69H,16-18H2,1-4H3,(H2,55,68)(H,58,70)(H,59,71)(H,64,72)/t25-,32-,33-,38-,42-,43-,44+/m0/s1. The smallest absolute Gasteiger partial charge is 0.271 e. The van der Waals surface area contributed by atoms with Crippen molar-refractivity contribution in [2.45, 2.75) is 70.0 Å². The van der Waals surface area contributed by atoms with Gasteiger partial charge in [-0.2, -0.15) is 0 Å². The monoisotopic (exact) mass is 1180 g/mol. The first kappa shape index (κ1) is 54.4. The molecular weight excluding hydrogens is 1140 g/mol. The van der Waals surface area contributed by atoms with Gasteiger partial charge < -0.3 is 41.5 Å². The Hall–Kier alpha value is -7.56. The third kappa shape index (κ3) is 11.2. The van der Waals surface area contributed by atoms with E-state index in [2.05, 4.69) is 30.9 Å². The zero-order chi connectivity index (χ0) is 55.9. The zero-order valence-electron chi connectivity index (χ0n) is 42.8. The molecular formula is C54H48N12O8S6. The molecule has 2 aromatic carbocycles. The van der Waals surface area contributed by atoms with Crippen LogP contribution in [0.3, 0.4) is 0 Å². The van der Waals surface area contributed by atoms with Crippen molar-refractivity contribution in [3.8, 4) is 49.1 Å². The van der Waals surface area contributed by atoms with Crippen LogP contribution in [0.5, 0.6) is 5.75 Å². The highest BCUT2D eigenvalue weighted by Gasteiger charge is 2.45. The summed E-state index contributed by atoms with van der Waals surface area (Å²) < 4.78 is 5.39. The third-order valence-electron chi connectivity index (χ3n) is 13.6. The van der Waals surface area contributed by atoms with Gasteiger partial charge >= 0.3 is 0 Å². The lowest BCUT2D eigenvalue weighted by molar-refractivity contribution is -0.134. The molecule has 9 heterocycles. The van der Waals surface area contributed by atoms with E-state index in [0.717, 1.165) is 28.4 Å². The number of fused-ring (bicyclic) bond motifs is 16. The number of ether oxygens (including phenoxy) is 1. The minimum Gasteiger partial charge on any atom is -0.497 e. The predicted molar refractivity (Wildman–Crippen MR) is 306 cm³/mol. The normalized spacial score (nSPS) is 20.1. The number of benzene rings is 2. The van der Waals surface area contributed by atoms with E-state index >= 15 is 4.79 Å². The van der Waals surface area contributed by atoms with Crippen LogP contribution in [-0.2, 0) is 16.0 Å². The number of rotatable bonds is 8. The average molecular weight is 1190 g/mol. The fourth-order valence-electron chi connectivity index (χ4n) is 9.40. The summed E-state index contributed by atoms with van der Waals surface area (Å²) in [4.78, 5) is 107. The Kier molecular flexibility index (Phi) is 15.6. The second-order valence-electron chi connectivity index (χ2n) is 19.0. The topological polar surface area (TPSA) is 291 Å². The van der Waals surface area contributed by atoms with Gasteiger partial charge in [-0.3, -0.25) is 24.0 Å². The zero-order valence-corrected chi connectivity index (χ0v) is 47.7. The van der Waals surface area contributed by atoms with E-state index in [-0.39, 0.29) is 46.5 Å². The van der Waals surface area contributed by atoms with Crippen LogP contribution in [0.1, 0.15) is 106 Å². The van der Waals surface area contributed by atoms with E-state index in [9.17, 15) is 29.4 Å². The number of aromatic nitrogens is 7. The Labute approximate surface area is 480 Å². The van der Waals surface area contributed by atoms with E-state index in [1.165, 1.54) is 50.7 Å². The van der Waals surface area contributed by atoms with Crippen molar-refractivity contribution in [3.63, 3.8) is 0 Å². The van der Waals surface area contributed by atoms with Gasteiger partial charge in [0.05, 0.1) is 37.4 Å². The Morgan fingerprint density at radius 1 is 0.688 bits per heavy atom. The van der Waals surface area contributed by atoms with Crippen LogP contribution in [0.4, 0.5) is 0 Å². The summed E-state index contributed by atoms with van der Waals surface area (Å²) in [7, 11) is 1.55. The summed E-state index contributed by atoms with van der Waals surface area (Å²) in [5.41, 5.74) is 10.3. The lowest BCUT2D eigenvalue weighted by Gasteiger charge is -2.29. The molecule has 5 amide bonds. The van der Waals surface area contributed by atoms with Gasteiger partial charge in [0.2, 0.25) is 11.8 Å². The maximum absolute atomic E-state index is 15.2. The summed E-state index contributed by atoms with van der Waals surface area (Å²) in [5.74, 6) is -3.12. The van der Waals surface area contributed by atoms with Crippen LogP contribution in [-0.4, -0.2) is 105 Å². The predicted octanol–water partition coefficient (Wildman–Crippen LogP) is 7.90. The van der Waals surface area contributed by atoms with Crippen molar-refractivity contribution in [1.82, 2.24) is 55.7 Å². The summed E-state index contributed by atoms with van der Waals surface area (Å²) >= 11 is 7.41. The highest BCUT2D eigenvalue weighted by Crippen LogP contribution is 2.43. The molecule has 80 heavy (non-hydrogen) atoms. The summed E-state index contributed by atoms with van der Waals surface area (Å²) in [6.07, 6.45) is -2.61. The number of nitrogens with zero attached hydrogens (tertiary/aromatic N) is 8. The molecule has 7 aromatic heterocycles. The second kappa shape index (κ2) is 22.9. The van der Waals surface area contributed by atoms with Gasteiger partial charge in [-0.05, 0) is 49.2 Å². The van der Waals surface area contributed by atoms with E-state index in [0.29, 0.717) is 70.1 Å². The van der Waals surface area contributed by atoms with Gasteiger partial charge in [0.25, 0.3) is 17.7 Å². The van der Waals surface area contributed by atoms with Crippen molar-refractivity contribution in [3.05, 3.63) is 147 Å². The first-order valence-electron chi connectivity index (χ1n) is 24.9. The van der Waals surface area contributed by atoms with Crippen molar-refractivity contribution in [1.29, 1.82) is 0 Å². The lowest BCUT2D eigenvalue weighted by Crippen LogP contribution is -2.50. The van der Waals surface area contributed by atoms with Crippen LogP contribution in [0, 0.1) is 19.8 Å².